The Kier molecular flexibility index (Phi) is 2.17. The molecule has 1 aliphatic heterocycles. The van der Waals surface area contributed by atoms with Crippen LogP contribution in [0.2, 0.25) is 0 Å². The number of carbonyl (C=O) groups is 2. The third kappa shape index (κ3) is 1.60. The molecule has 0 bridgehead atoms. The molecule has 1 aliphatic carbocycles. The maximum atomic E-state index is 11.9. The average Bonchev–Trinajstić information content (AvgIpc) is 2.86. The molecular formula is C11H12N2O4. The van der Waals surface area contributed by atoms with Crippen molar-refractivity contribution in [1.29, 1.82) is 0 Å². The van der Waals surface area contributed by atoms with Crippen LogP contribution < -0.4 is 4.90 Å². The van der Waals surface area contributed by atoms with E-state index < -0.39 is 11.9 Å². The fraction of sp³-hybridized carbons (Fsp3) is 0.545. The lowest BCUT2D eigenvalue weighted by Gasteiger charge is -2.23. The predicted molar refractivity (Wildman–Crippen MR) is 56.2 cm³/mol. The largest absolute Gasteiger partial charge is 0.481 e. The Morgan fingerprint density at radius 3 is 2.82 bits per heavy atom. The van der Waals surface area contributed by atoms with Crippen LogP contribution >= 0.6 is 0 Å². The Hall–Kier alpha value is -1.85. The molecule has 6 heteroatoms. The number of carboxylic acid groups (broad SMARTS) is 1. The summed E-state index contributed by atoms with van der Waals surface area (Å²) in [7, 11) is 0. The quantitative estimate of drug-likeness (QED) is 0.842. The molecular weight excluding hydrogens is 224 g/mol. The van der Waals surface area contributed by atoms with Gasteiger partial charge in [-0.2, -0.15) is 0 Å². The van der Waals surface area contributed by atoms with Gasteiger partial charge in [0.1, 0.15) is 6.26 Å². The van der Waals surface area contributed by atoms with Crippen LogP contribution in [-0.2, 0) is 9.59 Å². The molecule has 0 radical (unpaired) electrons. The summed E-state index contributed by atoms with van der Waals surface area (Å²) in [5.41, 5.74) is 0. The van der Waals surface area contributed by atoms with E-state index in [-0.39, 0.29) is 30.3 Å². The zero-order valence-corrected chi connectivity index (χ0v) is 9.07. The molecule has 1 saturated carbocycles. The van der Waals surface area contributed by atoms with E-state index in [9.17, 15) is 9.59 Å². The van der Waals surface area contributed by atoms with Crippen molar-refractivity contribution in [3.8, 4) is 0 Å². The maximum Gasteiger partial charge on any atom is 0.309 e. The van der Waals surface area contributed by atoms with Gasteiger partial charge in [-0.25, -0.2) is 4.98 Å². The summed E-state index contributed by atoms with van der Waals surface area (Å²) in [6.07, 6.45) is 4.83. The molecule has 2 heterocycles. The highest BCUT2D eigenvalue weighted by molar-refractivity contribution is 5.98. The Labute approximate surface area is 97.2 Å². The summed E-state index contributed by atoms with van der Waals surface area (Å²) < 4.78 is 5.13. The van der Waals surface area contributed by atoms with Crippen molar-refractivity contribution in [1.82, 2.24) is 4.98 Å². The van der Waals surface area contributed by atoms with Gasteiger partial charge >= 0.3 is 12.0 Å². The molecule has 17 heavy (non-hydrogen) atoms. The Morgan fingerprint density at radius 2 is 2.29 bits per heavy atom. The Balaban J connectivity index is 1.95. The Morgan fingerprint density at radius 1 is 1.53 bits per heavy atom. The minimum Gasteiger partial charge on any atom is -0.481 e. The molecule has 0 spiro atoms. The number of hydrogen-bond acceptors (Lipinski definition) is 4. The van der Waals surface area contributed by atoms with Gasteiger partial charge in [0.2, 0.25) is 5.91 Å². The first-order chi connectivity index (χ1) is 8.18. The summed E-state index contributed by atoms with van der Waals surface area (Å²) in [5, 5.41) is 9.16. The number of aliphatic carboxylic acids is 1. The van der Waals surface area contributed by atoms with Gasteiger partial charge in [0.15, 0.2) is 0 Å². The SMILES string of the molecule is O=C(O)[C@H]1CC(=O)N(c2ncco2)[C@@H]1C1CC1. The van der Waals surface area contributed by atoms with Crippen LogP contribution in [-0.4, -0.2) is 28.0 Å². The lowest BCUT2D eigenvalue weighted by molar-refractivity contribution is -0.142. The van der Waals surface area contributed by atoms with Gasteiger partial charge < -0.3 is 9.52 Å². The fourth-order valence-corrected chi connectivity index (χ4v) is 2.53. The van der Waals surface area contributed by atoms with Crippen molar-refractivity contribution in [2.24, 2.45) is 11.8 Å². The van der Waals surface area contributed by atoms with Gasteiger partial charge in [-0.15, -0.1) is 0 Å². The topological polar surface area (TPSA) is 83.6 Å². The second kappa shape index (κ2) is 3.58. The van der Waals surface area contributed by atoms with Crippen molar-refractivity contribution in [3.63, 3.8) is 0 Å². The maximum absolute atomic E-state index is 11.9. The summed E-state index contributed by atoms with van der Waals surface area (Å²) >= 11 is 0. The number of anilines is 1. The highest BCUT2D eigenvalue weighted by atomic mass is 16.4. The molecule has 1 amide bonds. The molecule has 1 N–H and O–H groups in total. The van der Waals surface area contributed by atoms with Gasteiger partial charge in [-0.1, -0.05) is 0 Å². The number of oxazole rings is 1. The average molecular weight is 236 g/mol. The third-order valence-electron chi connectivity index (χ3n) is 3.42. The first-order valence-corrected chi connectivity index (χ1v) is 5.63. The number of nitrogens with zero attached hydrogens (tertiary/aromatic N) is 2. The van der Waals surface area contributed by atoms with Gasteiger partial charge in [0, 0.05) is 6.42 Å². The summed E-state index contributed by atoms with van der Waals surface area (Å²) in [6, 6.07) is -0.0747. The number of amides is 1. The van der Waals surface area contributed by atoms with Crippen LogP contribution in [0.1, 0.15) is 19.3 Å². The highest BCUT2D eigenvalue weighted by Gasteiger charge is 2.52. The zero-order chi connectivity index (χ0) is 12.0. The summed E-state index contributed by atoms with van der Waals surface area (Å²) in [4.78, 5) is 28.4. The van der Waals surface area contributed by atoms with E-state index in [4.69, 9.17) is 9.52 Å². The minimum atomic E-state index is -0.913. The monoisotopic (exact) mass is 236 g/mol. The molecule has 2 atom stereocenters. The van der Waals surface area contributed by atoms with Crippen LogP contribution in [0, 0.1) is 11.8 Å². The molecule has 1 aromatic heterocycles. The summed E-state index contributed by atoms with van der Waals surface area (Å²) in [5.74, 6) is -1.49. The Bertz CT molecular complexity index is 452. The standard InChI is InChI=1S/C11H12N2O4/c14-8-5-7(10(15)16)9(6-1-2-6)13(8)11-12-3-4-17-11/h3-4,6-7,9H,1-2,5H2,(H,15,16)/t7-,9+/m0/s1. The van der Waals surface area contributed by atoms with Crippen molar-refractivity contribution >= 4 is 17.9 Å². The smallest absolute Gasteiger partial charge is 0.309 e. The molecule has 1 aromatic rings. The van der Waals surface area contributed by atoms with Crippen molar-refractivity contribution in [2.45, 2.75) is 25.3 Å². The van der Waals surface area contributed by atoms with Crippen LogP contribution in [0.25, 0.3) is 0 Å². The number of carbonyl (C=O) groups excluding carboxylic acids is 1. The fourth-order valence-electron chi connectivity index (χ4n) is 2.53. The van der Waals surface area contributed by atoms with E-state index in [0.717, 1.165) is 12.8 Å². The first kappa shape index (κ1) is 10.3. The van der Waals surface area contributed by atoms with Crippen LogP contribution in [0.5, 0.6) is 0 Å². The van der Waals surface area contributed by atoms with E-state index in [1.54, 1.807) is 0 Å². The molecule has 90 valence electrons. The molecule has 6 nitrogen and oxygen atoms in total. The number of hydrogen-bond donors (Lipinski definition) is 1. The van der Waals surface area contributed by atoms with Crippen molar-refractivity contribution in [2.75, 3.05) is 4.90 Å². The molecule has 2 aliphatic rings. The number of carboxylic acids is 1. The summed E-state index contributed by atoms with van der Waals surface area (Å²) in [6.45, 7) is 0. The van der Waals surface area contributed by atoms with Crippen LogP contribution in [0.15, 0.2) is 16.9 Å². The molecule has 3 rings (SSSR count). The van der Waals surface area contributed by atoms with Gasteiger partial charge in [-0.05, 0) is 18.8 Å². The molecule has 2 fully saturated rings. The van der Waals surface area contributed by atoms with Gasteiger partial charge in [-0.3, -0.25) is 14.5 Å². The number of rotatable bonds is 3. The molecule has 0 unspecified atom stereocenters. The third-order valence-corrected chi connectivity index (χ3v) is 3.42. The van der Waals surface area contributed by atoms with E-state index in [2.05, 4.69) is 4.98 Å². The first-order valence-electron chi connectivity index (χ1n) is 5.63. The predicted octanol–water partition coefficient (Wildman–Crippen LogP) is 0.891. The van der Waals surface area contributed by atoms with Gasteiger partial charge in [0.25, 0.3) is 0 Å². The second-order valence-corrected chi connectivity index (χ2v) is 4.56. The zero-order valence-electron chi connectivity index (χ0n) is 9.07. The van der Waals surface area contributed by atoms with Crippen molar-refractivity contribution < 1.29 is 19.1 Å². The highest BCUT2D eigenvalue weighted by Crippen LogP contribution is 2.44. The van der Waals surface area contributed by atoms with E-state index in [1.165, 1.54) is 17.4 Å². The normalized spacial score (nSPS) is 28.7. The van der Waals surface area contributed by atoms with E-state index in [0.29, 0.717) is 0 Å². The van der Waals surface area contributed by atoms with Crippen LogP contribution in [0.4, 0.5) is 6.01 Å². The molecule has 1 saturated heterocycles. The lowest BCUT2D eigenvalue weighted by Crippen LogP contribution is -2.39. The minimum absolute atomic E-state index is 0.0406. The van der Waals surface area contributed by atoms with Gasteiger partial charge in [0.05, 0.1) is 18.2 Å². The van der Waals surface area contributed by atoms with Crippen molar-refractivity contribution in [3.05, 3.63) is 12.5 Å². The second-order valence-electron chi connectivity index (χ2n) is 4.56. The van der Waals surface area contributed by atoms with Crippen LogP contribution in [0.3, 0.4) is 0 Å². The van der Waals surface area contributed by atoms with E-state index >= 15 is 0 Å². The molecule has 0 aromatic carbocycles. The number of aromatic nitrogens is 1. The lowest BCUT2D eigenvalue weighted by atomic mass is 9.97. The van der Waals surface area contributed by atoms with E-state index in [1.807, 2.05) is 0 Å².